The second-order valence-corrected chi connectivity index (χ2v) is 19.4. The number of hydrogen-bond donors (Lipinski definition) is 2. The smallest absolute Gasteiger partial charge is 0.329 e. The summed E-state index contributed by atoms with van der Waals surface area (Å²) in [5, 5.41) is 11.0. The molecule has 3 rings (SSSR count). The molecule has 1 aliphatic heterocycles. The number of fused-ring (bicyclic) bond motifs is 1. The lowest BCUT2D eigenvalue weighted by atomic mass is 9.86. The zero-order chi connectivity index (χ0) is 31.3. The number of nitrogens with one attached hydrogen (secondary N) is 1. The molecule has 41 heavy (non-hydrogen) atoms. The molecule has 1 aliphatic carbocycles. The summed E-state index contributed by atoms with van der Waals surface area (Å²) >= 11 is 0. The highest BCUT2D eigenvalue weighted by Crippen LogP contribution is 2.54. The van der Waals surface area contributed by atoms with Crippen LogP contribution in [-0.2, 0) is 24.2 Å². The monoisotopic (exact) mass is 594 g/mol. The number of hydrogen-bond acceptors (Lipinski definition) is 7. The molecule has 2 atom stereocenters. The second-order valence-electron chi connectivity index (χ2n) is 14.7. The summed E-state index contributed by atoms with van der Waals surface area (Å²) in [5.74, 6) is -1.52. The maximum Gasteiger partial charge on any atom is 0.329 e. The van der Waals surface area contributed by atoms with Gasteiger partial charge in [0.1, 0.15) is 17.1 Å². The third-order valence-corrected chi connectivity index (χ3v) is 14.0. The molecule has 1 aromatic rings. The Morgan fingerprint density at radius 3 is 2.00 bits per heavy atom. The lowest BCUT2D eigenvalue weighted by molar-refractivity contribution is -0.415. The zero-order valence-corrected chi connectivity index (χ0v) is 28.5. The average molecular weight is 595 g/mol. The fraction of sp³-hybridized carbons (Fsp3) is 0.806. The summed E-state index contributed by atoms with van der Waals surface area (Å²) < 4.78 is 29.5. The molecule has 2 heterocycles. The van der Waals surface area contributed by atoms with E-state index < -0.39 is 43.3 Å². The maximum absolute atomic E-state index is 13.3. The van der Waals surface area contributed by atoms with Gasteiger partial charge in [-0.15, -0.1) is 0 Å². The fourth-order valence-corrected chi connectivity index (χ4v) is 7.18. The van der Waals surface area contributed by atoms with Crippen LogP contribution in [0.1, 0.15) is 82.6 Å². The van der Waals surface area contributed by atoms with Crippen LogP contribution in [0.4, 0.5) is 0 Å². The normalized spacial score (nSPS) is 25.0. The highest BCUT2D eigenvalue weighted by atomic mass is 28.4. The van der Waals surface area contributed by atoms with Crippen LogP contribution >= 0.6 is 0 Å². The number of ether oxygens (including phenoxy) is 3. The Morgan fingerprint density at radius 1 is 1.02 bits per heavy atom. The molecular weight excluding hydrogens is 540 g/mol. The average Bonchev–Trinajstić information content (AvgIpc) is 3.09. The molecular formula is C31H54N2O7Si. The predicted octanol–water partition coefficient (Wildman–Crippen LogP) is 5.56. The summed E-state index contributed by atoms with van der Waals surface area (Å²) in [6.45, 7) is 27.2. The van der Waals surface area contributed by atoms with Gasteiger partial charge in [0.25, 0.3) is 5.56 Å². The third kappa shape index (κ3) is 5.61. The van der Waals surface area contributed by atoms with Crippen LogP contribution in [0.3, 0.4) is 0 Å². The van der Waals surface area contributed by atoms with E-state index in [2.05, 4.69) is 94.2 Å². The van der Waals surface area contributed by atoms with Gasteiger partial charge in [-0.25, -0.2) is 4.79 Å². The number of nitrogens with zero attached hydrogens (tertiary/aromatic N) is 1. The Kier molecular flexibility index (Phi) is 9.28. The molecule has 2 aliphatic rings. The Labute approximate surface area is 246 Å². The van der Waals surface area contributed by atoms with Crippen molar-refractivity contribution in [2.75, 3.05) is 13.2 Å². The summed E-state index contributed by atoms with van der Waals surface area (Å²) in [4.78, 5) is 27.7. The van der Waals surface area contributed by atoms with Gasteiger partial charge in [-0.1, -0.05) is 76.2 Å². The molecule has 1 fully saturated rings. The minimum atomic E-state index is -2.52. The van der Waals surface area contributed by atoms with Gasteiger partial charge in [0.05, 0.1) is 13.2 Å². The van der Waals surface area contributed by atoms with Crippen LogP contribution in [0.2, 0.25) is 18.1 Å². The molecule has 9 nitrogen and oxygen atoms in total. The van der Waals surface area contributed by atoms with E-state index in [0.717, 1.165) is 0 Å². The molecule has 0 amide bonds. The first-order chi connectivity index (χ1) is 18.7. The lowest BCUT2D eigenvalue weighted by Gasteiger charge is -2.53. The van der Waals surface area contributed by atoms with E-state index in [0.29, 0.717) is 17.9 Å². The second kappa shape index (κ2) is 11.3. The van der Waals surface area contributed by atoms with Crippen molar-refractivity contribution in [2.24, 2.45) is 29.6 Å². The topological polar surface area (TPSA) is 112 Å². The number of aliphatic hydroxyl groups is 1. The molecule has 1 aromatic heterocycles. The number of H-pyrrole nitrogens is 1. The summed E-state index contributed by atoms with van der Waals surface area (Å²) in [5.41, 5.74) is -2.43. The van der Waals surface area contributed by atoms with Gasteiger partial charge in [0.2, 0.25) is 14.1 Å². The SMILES string of the molecule is CC(C)C1(C(C)C)OC[C@H]2C[C@@](CO)(n3ccc(=O)[nH]c3=O)C(O[Si](C)(C)C(C)(C)C)=C2OC(C(C)C)(C(C)C)O1. The first-order valence-corrected chi connectivity index (χ1v) is 18.0. The fourth-order valence-electron chi connectivity index (χ4n) is 6.08. The Morgan fingerprint density at radius 2 is 1.56 bits per heavy atom. The summed E-state index contributed by atoms with van der Waals surface area (Å²) in [6, 6.07) is 1.30. The standard InChI is InChI=1S/C31H54N2O7Si/c1-19(2)30(20(3)4)37-17-23-16-29(18-34,33-15-14-24(35)32-27(33)36)26(39-41(12,13)28(9,10)11)25(23)38-31(40-30,21(5)6)22(7)8/h14-15,19-23,34H,16-18H2,1-13H3,(H,32,35,36)/t23-,29+/m1/s1. The minimum absolute atomic E-state index is 0.0160. The molecule has 0 bridgehead atoms. The zero-order valence-electron chi connectivity index (χ0n) is 27.5. The number of aliphatic hydroxyl groups excluding tert-OH is 1. The Balaban J connectivity index is 2.42. The van der Waals surface area contributed by atoms with Gasteiger partial charge in [0, 0.05) is 41.9 Å². The van der Waals surface area contributed by atoms with Gasteiger partial charge >= 0.3 is 5.69 Å². The van der Waals surface area contributed by atoms with E-state index in [1.807, 2.05) is 0 Å². The quantitative estimate of drug-likeness (QED) is 0.379. The molecule has 0 aromatic carbocycles. The number of rotatable bonds is 8. The van der Waals surface area contributed by atoms with Gasteiger partial charge in [-0.2, -0.15) is 0 Å². The van der Waals surface area contributed by atoms with E-state index in [1.54, 1.807) is 0 Å². The Hall–Kier alpha value is -1.88. The predicted molar refractivity (Wildman–Crippen MR) is 163 cm³/mol. The molecule has 0 spiro atoms. The molecule has 2 N–H and O–H groups in total. The first kappa shape index (κ1) is 33.6. The third-order valence-electron chi connectivity index (χ3n) is 9.63. The van der Waals surface area contributed by atoms with Crippen LogP contribution in [0.15, 0.2) is 33.4 Å². The summed E-state index contributed by atoms with van der Waals surface area (Å²) in [7, 11) is -2.52. The minimum Gasteiger partial charge on any atom is -0.542 e. The van der Waals surface area contributed by atoms with Gasteiger partial charge in [-0.3, -0.25) is 14.3 Å². The van der Waals surface area contributed by atoms with Gasteiger partial charge < -0.3 is 23.7 Å². The Bertz CT molecular complexity index is 1220. The van der Waals surface area contributed by atoms with Crippen LogP contribution in [0.5, 0.6) is 0 Å². The van der Waals surface area contributed by atoms with Crippen molar-refractivity contribution in [3.05, 3.63) is 44.6 Å². The van der Waals surface area contributed by atoms with Crippen LogP contribution in [0.25, 0.3) is 0 Å². The van der Waals surface area contributed by atoms with Crippen molar-refractivity contribution >= 4 is 8.32 Å². The lowest BCUT2D eigenvalue weighted by Crippen LogP contribution is -2.60. The number of aromatic amines is 1. The molecule has 0 saturated carbocycles. The maximum atomic E-state index is 13.3. The van der Waals surface area contributed by atoms with E-state index in [4.69, 9.17) is 18.6 Å². The van der Waals surface area contributed by atoms with Gasteiger partial charge in [0.15, 0.2) is 5.79 Å². The van der Waals surface area contributed by atoms with Crippen LogP contribution < -0.4 is 11.2 Å². The number of aromatic nitrogens is 2. The molecule has 0 unspecified atom stereocenters. The first-order valence-electron chi connectivity index (χ1n) is 15.1. The van der Waals surface area contributed by atoms with Crippen molar-refractivity contribution in [3.63, 3.8) is 0 Å². The molecule has 10 heteroatoms. The van der Waals surface area contributed by atoms with E-state index in [9.17, 15) is 14.7 Å². The van der Waals surface area contributed by atoms with Crippen molar-refractivity contribution in [2.45, 2.75) is 118 Å². The largest absolute Gasteiger partial charge is 0.542 e. The van der Waals surface area contributed by atoms with E-state index in [1.165, 1.54) is 16.8 Å². The van der Waals surface area contributed by atoms with Crippen molar-refractivity contribution in [3.8, 4) is 0 Å². The van der Waals surface area contributed by atoms with Crippen molar-refractivity contribution < 1.29 is 23.7 Å². The van der Waals surface area contributed by atoms with Crippen molar-refractivity contribution in [1.82, 2.24) is 9.55 Å². The molecule has 0 radical (unpaired) electrons. The molecule has 234 valence electrons. The summed E-state index contributed by atoms with van der Waals surface area (Å²) in [6.07, 6.45) is 1.74. The van der Waals surface area contributed by atoms with Crippen LogP contribution in [-0.4, -0.2) is 47.8 Å². The molecule has 1 saturated heterocycles. The van der Waals surface area contributed by atoms with Crippen LogP contribution in [0, 0.1) is 29.6 Å². The van der Waals surface area contributed by atoms with Gasteiger partial charge in [-0.05, 0) is 24.6 Å². The highest BCUT2D eigenvalue weighted by molar-refractivity contribution is 6.74. The van der Waals surface area contributed by atoms with E-state index >= 15 is 0 Å². The van der Waals surface area contributed by atoms with Crippen molar-refractivity contribution in [1.29, 1.82) is 0 Å². The highest BCUT2D eigenvalue weighted by Gasteiger charge is 2.60. The van der Waals surface area contributed by atoms with E-state index in [-0.39, 0.29) is 41.2 Å².